The minimum absolute atomic E-state index is 0.778. The minimum Gasteiger partial charge on any atom is -0.369 e. The second kappa shape index (κ2) is 12.3. The van der Waals surface area contributed by atoms with Crippen molar-refractivity contribution in [2.75, 3.05) is 39.3 Å². The van der Waals surface area contributed by atoms with E-state index in [1.165, 1.54) is 66.1 Å². The summed E-state index contributed by atoms with van der Waals surface area (Å²) >= 11 is 0. The zero-order chi connectivity index (χ0) is 25.6. The molecule has 37 heavy (non-hydrogen) atoms. The maximum atomic E-state index is 4.48. The number of nitrogens with zero attached hydrogens (tertiary/aromatic N) is 3. The number of unbranched alkanes of at least 4 members (excludes halogenated alkanes) is 1. The van der Waals surface area contributed by atoms with Gasteiger partial charge in [0.15, 0.2) is 0 Å². The van der Waals surface area contributed by atoms with E-state index in [0.29, 0.717) is 0 Å². The average molecular weight is 496 g/mol. The van der Waals surface area contributed by atoms with Crippen LogP contribution in [-0.4, -0.2) is 66.1 Å². The molecule has 2 saturated heterocycles. The summed E-state index contributed by atoms with van der Waals surface area (Å²) in [6, 6.07) is 26.2. The van der Waals surface area contributed by atoms with Gasteiger partial charge in [0, 0.05) is 56.1 Å². The van der Waals surface area contributed by atoms with Crippen molar-refractivity contribution < 1.29 is 0 Å². The molecule has 0 bridgehead atoms. The average Bonchev–Trinajstić information content (AvgIpc) is 3.26. The van der Waals surface area contributed by atoms with Crippen molar-refractivity contribution in [3.05, 3.63) is 90.0 Å². The van der Waals surface area contributed by atoms with Crippen molar-refractivity contribution in [1.82, 2.24) is 14.7 Å². The van der Waals surface area contributed by atoms with Crippen LogP contribution in [0.3, 0.4) is 0 Å². The molecular weight excluding hydrogens is 450 g/mol. The molecular formula is C34H45N3. The maximum absolute atomic E-state index is 4.48. The molecule has 3 heteroatoms. The predicted molar refractivity (Wildman–Crippen MR) is 159 cm³/mol. The normalized spacial score (nSPS) is 21.1. The molecule has 3 aromatic rings. The summed E-state index contributed by atoms with van der Waals surface area (Å²) in [4.78, 5) is 7.79. The molecule has 2 heterocycles. The van der Waals surface area contributed by atoms with Crippen LogP contribution in [0.2, 0.25) is 0 Å². The van der Waals surface area contributed by atoms with E-state index in [2.05, 4.69) is 102 Å². The number of aryl methyl sites for hydroxylation is 1. The third kappa shape index (κ3) is 6.45. The van der Waals surface area contributed by atoms with E-state index in [9.17, 15) is 0 Å². The first kappa shape index (κ1) is 26.0. The topological polar surface area (TPSA) is 9.72 Å². The Hall–Kier alpha value is -2.62. The monoisotopic (exact) mass is 495 g/mol. The van der Waals surface area contributed by atoms with Gasteiger partial charge in [0.25, 0.3) is 0 Å². The molecule has 0 amide bonds. The highest BCUT2D eigenvalue weighted by molar-refractivity contribution is 5.93. The quantitative estimate of drug-likeness (QED) is 0.284. The Labute approximate surface area is 224 Å². The fourth-order valence-electron chi connectivity index (χ4n) is 6.36. The van der Waals surface area contributed by atoms with Crippen LogP contribution in [0.25, 0.3) is 16.5 Å². The van der Waals surface area contributed by atoms with Gasteiger partial charge in [-0.05, 0) is 80.8 Å². The summed E-state index contributed by atoms with van der Waals surface area (Å²) in [5.74, 6) is 0. The number of likely N-dealkylation sites (tertiary alicyclic amines) is 1. The lowest BCUT2D eigenvalue weighted by atomic mass is 10.0. The molecule has 2 fully saturated rings. The number of hydrogen-bond donors (Lipinski definition) is 0. The molecule has 0 aromatic heterocycles. The van der Waals surface area contributed by atoms with Crippen molar-refractivity contribution in [2.24, 2.45) is 0 Å². The fraction of sp³-hybridized carbons (Fsp3) is 0.471. The maximum Gasteiger partial charge on any atom is 0.0373 e. The van der Waals surface area contributed by atoms with Crippen molar-refractivity contribution in [3.8, 4) is 0 Å². The zero-order valence-corrected chi connectivity index (χ0v) is 23.0. The molecule has 2 unspecified atom stereocenters. The van der Waals surface area contributed by atoms with Gasteiger partial charge in [0.05, 0.1) is 0 Å². The van der Waals surface area contributed by atoms with Gasteiger partial charge < -0.3 is 4.90 Å². The van der Waals surface area contributed by atoms with Crippen molar-refractivity contribution in [1.29, 1.82) is 0 Å². The van der Waals surface area contributed by atoms with Gasteiger partial charge in [-0.2, -0.15) is 0 Å². The molecule has 2 atom stereocenters. The van der Waals surface area contributed by atoms with Crippen LogP contribution in [0.5, 0.6) is 0 Å². The van der Waals surface area contributed by atoms with Gasteiger partial charge >= 0.3 is 0 Å². The van der Waals surface area contributed by atoms with Crippen LogP contribution in [0.1, 0.15) is 56.2 Å². The first-order chi connectivity index (χ1) is 18.1. The Morgan fingerprint density at radius 1 is 0.730 bits per heavy atom. The summed E-state index contributed by atoms with van der Waals surface area (Å²) in [5, 5.41) is 2.59. The van der Waals surface area contributed by atoms with E-state index in [1.807, 2.05) is 0 Å². The van der Waals surface area contributed by atoms with E-state index in [1.54, 1.807) is 0 Å². The molecule has 3 aromatic carbocycles. The van der Waals surface area contributed by atoms with E-state index in [4.69, 9.17) is 0 Å². The van der Waals surface area contributed by atoms with Crippen LogP contribution in [0.15, 0.2) is 73.3 Å². The highest BCUT2D eigenvalue weighted by Crippen LogP contribution is 2.27. The Morgan fingerprint density at radius 2 is 1.38 bits per heavy atom. The van der Waals surface area contributed by atoms with Crippen LogP contribution >= 0.6 is 0 Å². The summed E-state index contributed by atoms with van der Waals surface area (Å²) < 4.78 is 0. The lowest BCUT2D eigenvalue weighted by molar-refractivity contribution is 0.177. The highest BCUT2D eigenvalue weighted by atomic mass is 15.3. The van der Waals surface area contributed by atoms with Crippen molar-refractivity contribution in [2.45, 2.75) is 64.5 Å². The summed E-state index contributed by atoms with van der Waals surface area (Å²) in [7, 11) is 0. The number of benzene rings is 3. The molecule has 0 N–H and O–H groups in total. The van der Waals surface area contributed by atoms with Crippen LogP contribution < -0.4 is 0 Å². The van der Waals surface area contributed by atoms with E-state index in [-0.39, 0.29) is 0 Å². The lowest BCUT2D eigenvalue weighted by Gasteiger charge is -2.37. The minimum atomic E-state index is 0.778. The molecule has 0 spiro atoms. The second-order valence-electron chi connectivity index (χ2n) is 11.3. The third-order valence-electron chi connectivity index (χ3n) is 8.86. The van der Waals surface area contributed by atoms with E-state index >= 15 is 0 Å². The molecule has 2 aliphatic heterocycles. The first-order valence-corrected chi connectivity index (χ1v) is 14.6. The van der Waals surface area contributed by atoms with E-state index < -0.39 is 0 Å². The van der Waals surface area contributed by atoms with Gasteiger partial charge in [-0.1, -0.05) is 73.3 Å². The number of fused-ring (bicyclic) bond motifs is 1. The van der Waals surface area contributed by atoms with Gasteiger partial charge in [-0.25, -0.2) is 0 Å². The molecule has 3 nitrogen and oxygen atoms in total. The Balaban J connectivity index is 1.03. The fourth-order valence-corrected chi connectivity index (χ4v) is 6.36. The Kier molecular flexibility index (Phi) is 8.63. The number of hydrogen-bond acceptors (Lipinski definition) is 3. The standard InChI is InChI=1S/C34H45N3/c1-27-14-15-28(2)37(27)21-7-6-9-30-16-18-31(19-17-30)20-22-35-23-25-36(26-24-35)29(3)33-13-8-11-32-10-4-5-12-34(32)33/h4-5,8,10-13,16-19,27-28H,3,6-7,9,14-15,20-26H2,1-2H3. The lowest BCUT2D eigenvalue weighted by Crippen LogP contribution is -2.45. The van der Waals surface area contributed by atoms with Crippen molar-refractivity contribution >= 4 is 16.5 Å². The molecule has 2 aliphatic rings. The molecule has 196 valence electrons. The number of piperazine rings is 1. The van der Waals surface area contributed by atoms with Gasteiger partial charge in [-0.3, -0.25) is 9.80 Å². The zero-order valence-electron chi connectivity index (χ0n) is 23.0. The molecule has 5 rings (SSSR count). The summed E-state index contributed by atoms with van der Waals surface area (Å²) in [6.07, 6.45) is 7.70. The van der Waals surface area contributed by atoms with Crippen LogP contribution in [0.4, 0.5) is 0 Å². The smallest absolute Gasteiger partial charge is 0.0373 e. The van der Waals surface area contributed by atoms with E-state index in [0.717, 1.165) is 56.9 Å². The second-order valence-corrected chi connectivity index (χ2v) is 11.3. The van der Waals surface area contributed by atoms with Gasteiger partial charge in [0.1, 0.15) is 0 Å². The van der Waals surface area contributed by atoms with Gasteiger partial charge in [-0.15, -0.1) is 0 Å². The molecule has 0 aliphatic carbocycles. The van der Waals surface area contributed by atoms with Crippen LogP contribution in [0, 0.1) is 0 Å². The summed E-state index contributed by atoms with van der Waals surface area (Å²) in [6.45, 7) is 16.0. The summed E-state index contributed by atoms with van der Waals surface area (Å²) in [5.41, 5.74) is 5.39. The van der Waals surface area contributed by atoms with Crippen LogP contribution in [-0.2, 0) is 12.8 Å². The largest absolute Gasteiger partial charge is 0.369 e. The van der Waals surface area contributed by atoms with Gasteiger partial charge in [0.2, 0.25) is 0 Å². The van der Waals surface area contributed by atoms with Crippen molar-refractivity contribution in [3.63, 3.8) is 0 Å². The Bertz CT molecular complexity index is 1140. The number of rotatable bonds is 10. The Morgan fingerprint density at radius 3 is 2.11 bits per heavy atom. The third-order valence-corrected chi connectivity index (χ3v) is 8.86. The molecule has 0 saturated carbocycles. The predicted octanol–water partition coefficient (Wildman–Crippen LogP) is 6.87. The highest BCUT2D eigenvalue weighted by Gasteiger charge is 2.26. The SMILES string of the molecule is C=C(c1cccc2ccccc12)N1CCN(CCc2ccc(CCCCN3C(C)CCC3C)cc2)CC1. The molecule has 0 radical (unpaired) electrons. The first-order valence-electron chi connectivity index (χ1n) is 14.6.